The van der Waals surface area contributed by atoms with Crippen molar-refractivity contribution in [2.24, 2.45) is 0 Å². The largest absolute Gasteiger partial charge is 0.768 e. The van der Waals surface area contributed by atoms with Crippen molar-refractivity contribution < 1.29 is 27.8 Å². The number of carbonyl (C=O) groups is 1. The molecule has 6 nitrogen and oxygen atoms in total. The smallest absolute Gasteiger partial charge is 0.307 e. The summed E-state index contributed by atoms with van der Waals surface area (Å²) in [7, 11) is 0. The normalized spacial score (nSPS) is 14.7. The fraction of sp³-hybridized carbons (Fsp3) is 0.238. The molecule has 8 heteroatoms. The van der Waals surface area contributed by atoms with Crippen molar-refractivity contribution in [2.45, 2.75) is 37.0 Å². The molecule has 0 aliphatic heterocycles. The average molecular weight is 414 g/mol. The predicted octanol–water partition coefficient (Wildman–Crippen LogP) is 4.22. The first kappa shape index (κ1) is 19.5. The molecule has 1 atom stereocenters. The van der Waals surface area contributed by atoms with Crippen LogP contribution in [0.4, 0.5) is 4.39 Å². The summed E-state index contributed by atoms with van der Waals surface area (Å²) in [6.45, 7) is 1.72. The van der Waals surface area contributed by atoms with Crippen molar-refractivity contribution in [3.8, 4) is 11.6 Å². The molecule has 1 unspecified atom stereocenters. The Labute approximate surface area is 168 Å². The molecule has 1 aliphatic rings. The van der Waals surface area contributed by atoms with Crippen molar-refractivity contribution in [2.75, 3.05) is 0 Å². The summed E-state index contributed by atoms with van der Waals surface area (Å²) >= 11 is -2.41. The zero-order valence-corrected chi connectivity index (χ0v) is 16.3. The van der Waals surface area contributed by atoms with E-state index in [1.54, 1.807) is 25.1 Å². The van der Waals surface area contributed by atoms with Gasteiger partial charge in [0, 0.05) is 22.0 Å². The lowest BCUT2D eigenvalue weighted by Gasteiger charge is -2.17. The van der Waals surface area contributed by atoms with Crippen LogP contribution in [0.3, 0.4) is 0 Å². The SMILES string of the molecule is Cc1c(CC(=O)O)cc2ccc(F)cc2c1Oc1ncc(S(=O)[O-])cc1C1CC1. The zero-order valence-electron chi connectivity index (χ0n) is 15.5. The number of halogens is 1. The molecule has 1 aromatic heterocycles. The number of fused-ring (bicyclic) bond motifs is 1. The van der Waals surface area contributed by atoms with Crippen LogP contribution >= 0.6 is 0 Å². The minimum atomic E-state index is -2.41. The van der Waals surface area contributed by atoms with Gasteiger partial charge in [-0.25, -0.2) is 9.37 Å². The quantitative estimate of drug-likeness (QED) is 0.607. The van der Waals surface area contributed by atoms with E-state index in [9.17, 15) is 23.1 Å². The second-order valence-electron chi connectivity index (χ2n) is 7.10. The van der Waals surface area contributed by atoms with E-state index in [0.717, 1.165) is 12.8 Å². The summed E-state index contributed by atoms with van der Waals surface area (Å²) in [5.74, 6) is -0.696. The Balaban J connectivity index is 1.87. The van der Waals surface area contributed by atoms with Crippen molar-refractivity contribution in [3.63, 3.8) is 0 Å². The van der Waals surface area contributed by atoms with Gasteiger partial charge in [0.2, 0.25) is 5.88 Å². The lowest BCUT2D eigenvalue weighted by molar-refractivity contribution is -0.136. The Morgan fingerprint density at radius 2 is 2.10 bits per heavy atom. The van der Waals surface area contributed by atoms with E-state index in [4.69, 9.17) is 4.74 Å². The first-order valence-corrected chi connectivity index (χ1v) is 10.1. The molecule has 1 heterocycles. The lowest BCUT2D eigenvalue weighted by Crippen LogP contribution is -2.05. The van der Waals surface area contributed by atoms with Gasteiger partial charge < -0.3 is 14.4 Å². The van der Waals surface area contributed by atoms with Gasteiger partial charge in [0.25, 0.3) is 0 Å². The molecule has 1 aliphatic carbocycles. The summed E-state index contributed by atoms with van der Waals surface area (Å²) in [6, 6.07) is 7.46. The number of pyridine rings is 1. The third-order valence-electron chi connectivity index (χ3n) is 5.02. The van der Waals surface area contributed by atoms with Crippen LogP contribution < -0.4 is 4.74 Å². The number of benzene rings is 2. The van der Waals surface area contributed by atoms with Gasteiger partial charge in [0.1, 0.15) is 11.6 Å². The van der Waals surface area contributed by atoms with Crippen molar-refractivity contribution in [3.05, 3.63) is 59.0 Å². The molecule has 0 bridgehead atoms. The van der Waals surface area contributed by atoms with Crippen LogP contribution in [0.2, 0.25) is 0 Å². The molecule has 0 radical (unpaired) electrons. The highest BCUT2D eigenvalue weighted by Crippen LogP contribution is 2.46. The van der Waals surface area contributed by atoms with Gasteiger partial charge in [-0.1, -0.05) is 12.1 Å². The number of ether oxygens (including phenoxy) is 1. The van der Waals surface area contributed by atoms with Crippen LogP contribution in [0.5, 0.6) is 11.6 Å². The fourth-order valence-corrected chi connectivity index (χ4v) is 3.74. The van der Waals surface area contributed by atoms with Crippen LogP contribution in [0.25, 0.3) is 10.8 Å². The van der Waals surface area contributed by atoms with E-state index < -0.39 is 22.9 Å². The first-order chi connectivity index (χ1) is 13.8. The van der Waals surface area contributed by atoms with Crippen LogP contribution in [-0.2, 0) is 22.3 Å². The molecule has 0 saturated heterocycles. The fourth-order valence-electron chi connectivity index (χ4n) is 3.38. The van der Waals surface area contributed by atoms with Crippen LogP contribution in [0.1, 0.15) is 35.4 Å². The number of carboxylic acid groups (broad SMARTS) is 1. The third-order valence-corrected chi connectivity index (χ3v) is 5.62. The molecular weight excluding hydrogens is 397 g/mol. The highest BCUT2D eigenvalue weighted by molar-refractivity contribution is 7.79. The standard InChI is InChI=1S/C21H18FNO5S/c1-11-14(7-19(24)25)6-13-4-5-15(22)8-17(13)20(11)28-21-18(12-2-3-12)9-16(10-23-21)29(26)27/h4-6,8-10,12H,2-3,7H2,1H3,(H,24,25)(H,26,27)/p-1. The van der Waals surface area contributed by atoms with Gasteiger partial charge in [0.05, 0.1) is 6.42 Å². The van der Waals surface area contributed by atoms with Gasteiger partial charge in [-0.05, 0) is 71.5 Å². The summed E-state index contributed by atoms with van der Waals surface area (Å²) < 4.78 is 42.6. The Morgan fingerprint density at radius 1 is 1.34 bits per heavy atom. The molecule has 1 saturated carbocycles. The van der Waals surface area contributed by atoms with Crippen molar-refractivity contribution in [1.82, 2.24) is 4.98 Å². The van der Waals surface area contributed by atoms with E-state index >= 15 is 0 Å². The van der Waals surface area contributed by atoms with Gasteiger partial charge >= 0.3 is 5.97 Å². The third kappa shape index (κ3) is 3.99. The van der Waals surface area contributed by atoms with E-state index in [0.29, 0.717) is 33.2 Å². The summed E-state index contributed by atoms with van der Waals surface area (Å²) in [5.41, 5.74) is 1.81. The lowest BCUT2D eigenvalue weighted by atomic mass is 9.98. The Hall–Kier alpha value is -2.84. The second-order valence-corrected chi connectivity index (χ2v) is 8.04. The molecule has 29 heavy (non-hydrogen) atoms. The van der Waals surface area contributed by atoms with Crippen molar-refractivity contribution >= 4 is 27.8 Å². The maximum Gasteiger partial charge on any atom is 0.307 e. The van der Waals surface area contributed by atoms with Gasteiger partial charge in [-0.2, -0.15) is 0 Å². The van der Waals surface area contributed by atoms with Crippen molar-refractivity contribution in [1.29, 1.82) is 0 Å². The van der Waals surface area contributed by atoms with E-state index in [2.05, 4.69) is 4.98 Å². The minimum Gasteiger partial charge on any atom is -0.768 e. The second kappa shape index (κ2) is 7.53. The maximum atomic E-state index is 13.9. The number of hydrogen-bond acceptors (Lipinski definition) is 5. The monoisotopic (exact) mass is 414 g/mol. The molecule has 1 fully saturated rings. The molecule has 3 aromatic rings. The molecule has 0 spiro atoms. The molecule has 4 rings (SSSR count). The topological polar surface area (TPSA) is 99.6 Å². The summed E-state index contributed by atoms with van der Waals surface area (Å²) in [5, 5.41) is 10.4. The summed E-state index contributed by atoms with van der Waals surface area (Å²) in [4.78, 5) is 15.5. The highest BCUT2D eigenvalue weighted by Gasteiger charge is 2.29. The zero-order chi connectivity index (χ0) is 20.7. The minimum absolute atomic E-state index is 0.0755. The first-order valence-electron chi connectivity index (χ1n) is 9.04. The van der Waals surface area contributed by atoms with Gasteiger partial charge in [-0.3, -0.25) is 9.00 Å². The molecule has 0 amide bonds. The molecule has 2 aromatic carbocycles. The molecular formula is C21H17FNO5S-. The Bertz CT molecular complexity index is 1160. The van der Waals surface area contributed by atoms with Gasteiger partial charge in [0.15, 0.2) is 0 Å². The number of aromatic nitrogens is 1. The number of hydrogen-bond donors (Lipinski definition) is 1. The van der Waals surface area contributed by atoms with E-state index in [-0.39, 0.29) is 23.1 Å². The molecule has 150 valence electrons. The number of nitrogens with zero attached hydrogens (tertiary/aromatic N) is 1. The molecule has 1 N–H and O–H groups in total. The number of aliphatic carboxylic acids is 1. The van der Waals surface area contributed by atoms with Crippen LogP contribution in [0.15, 0.2) is 41.4 Å². The van der Waals surface area contributed by atoms with Crippen LogP contribution in [-0.4, -0.2) is 24.8 Å². The van der Waals surface area contributed by atoms with E-state index in [1.807, 2.05) is 0 Å². The Morgan fingerprint density at radius 3 is 2.76 bits per heavy atom. The highest BCUT2D eigenvalue weighted by atomic mass is 32.2. The number of rotatable bonds is 6. The number of carboxylic acids is 1. The summed E-state index contributed by atoms with van der Waals surface area (Å²) in [6.07, 6.45) is 2.82. The predicted molar refractivity (Wildman–Crippen MR) is 103 cm³/mol. The van der Waals surface area contributed by atoms with E-state index in [1.165, 1.54) is 18.3 Å². The Kier molecular flexibility index (Phi) is 5.06. The van der Waals surface area contributed by atoms with Gasteiger partial charge in [-0.15, -0.1) is 0 Å². The van der Waals surface area contributed by atoms with Crippen LogP contribution in [0, 0.1) is 12.7 Å². The average Bonchev–Trinajstić information content (AvgIpc) is 3.50. The maximum absolute atomic E-state index is 13.9.